The molecule has 1 aromatic heterocycles. The summed E-state index contributed by atoms with van der Waals surface area (Å²) in [7, 11) is 0. The highest BCUT2D eigenvalue weighted by Gasteiger charge is 2.46. The van der Waals surface area contributed by atoms with Crippen LogP contribution in [0.4, 0.5) is 0 Å². The van der Waals surface area contributed by atoms with Crippen molar-refractivity contribution in [2.75, 3.05) is 0 Å². The molecule has 0 aliphatic heterocycles. The molecular formula is C49H32BrN. The smallest absolute Gasteiger partial charge is 0.0714 e. The first-order chi connectivity index (χ1) is 25.2. The van der Waals surface area contributed by atoms with Gasteiger partial charge in [-0.25, -0.2) is 0 Å². The Morgan fingerprint density at radius 3 is 1.65 bits per heavy atom. The van der Waals surface area contributed by atoms with Gasteiger partial charge in [0.1, 0.15) is 0 Å². The average molecular weight is 715 g/mol. The van der Waals surface area contributed by atoms with Crippen LogP contribution in [0.25, 0.3) is 60.9 Å². The van der Waals surface area contributed by atoms with Crippen molar-refractivity contribution in [3.05, 3.63) is 221 Å². The van der Waals surface area contributed by atoms with Crippen molar-refractivity contribution in [2.24, 2.45) is 0 Å². The number of hydrogen-bond acceptors (Lipinski definition) is 0. The van der Waals surface area contributed by atoms with E-state index in [0.29, 0.717) is 0 Å². The Morgan fingerprint density at radius 2 is 0.922 bits per heavy atom. The van der Waals surface area contributed by atoms with Crippen LogP contribution >= 0.6 is 15.9 Å². The van der Waals surface area contributed by atoms with Crippen LogP contribution in [0, 0.1) is 0 Å². The summed E-state index contributed by atoms with van der Waals surface area (Å²) in [4.78, 5) is 0. The SMILES string of the molecule is Brc1ccc(-c2ccccc2-c2ccc3c4ccccc4n(-c4ccc5c(c4)C(c4ccccc4)(c4ccccc4)c4ccccc4-5)c3c2)cc1. The number of benzene rings is 8. The zero-order valence-electron chi connectivity index (χ0n) is 27.8. The number of fused-ring (bicyclic) bond motifs is 6. The highest BCUT2D eigenvalue weighted by Crippen LogP contribution is 2.56. The minimum atomic E-state index is -0.460. The molecule has 240 valence electrons. The molecule has 10 rings (SSSR count). The van der Waals surface area contributed by atoms with E-state index in [0.717, 1.165) is 10.2 Å². The minimum Gasteiger partial charge on any atom is -0.309 e. The lowest BCUT2D eigenvalue weighted by molar-refractivity contribution is 0.767. The molecule has 0 atom stereocenters. The highest BCUT2D eigenvalue weighted by atomic mass is 79.9. The van der Waals surface area contributed by atoms with Crippen molar-refractivity contribution in [1.82, 2.24) is 4.57 Å². The molecule has 1 aliphatic rings. The van der Waals surface area contributed by atoms with E-state index in [1.165, 1.54) is 77.4 Å². The minimum absolute atomic E-state index is 0.460. The molecule has 0 unspecified atom stereocenters. The Balaban J connectivity index is 1.25. The van der Waals surface area contributed by atoms with E-state index >= 15 is 0 Å². The summed E-state index contributed by atoms with van der Waals surface area (Å²) in [6.45, 7) is 0. The molecule has 1 nitrogen and oxygen atoms in total. The maximum Gasteiger partial charge on any atom is 0.0714 e. The molecule has 1 heterocycles. The van der Waals surface area contributed by atoms with Gasteiger partial charge in [-0.05, 0) is 92.0 Å². The van der Waals surface area contributed by atoms with Gasteiger partial charge in [0.2, 0.25) is 0 Å². The molecule has 1 aliphatic carbocycles. The summed E-state index contributed by atoms with van der Waals surface area (Å²) >= 11 is 3.61. The standard InChI is InChI=1S/C49H32BrN/c50-37-26-23-33(24-27-37)39-17-7-8-18-40(39)34-25-29-44-43-20-10-12-22-47(43)51(48(44)31-34)38-28-30-42-41-19-9-11-21-45(41)49(46(42)32-38,35-13-3-1-4-14-35)36-15-5-2-6-16-36/h1-32H. The molecule has 0 saturated carbocycles. The number of nitrogens with zero attached hydrogens (tertiary/aromatic N) is 1. The topological polar surface area (TPSA) is 4.93 Å². The summed E-state index contributed by atoms with van der Waals surface area (Å²) < 4.78 is 3.55. The summed E-state index contributed by atoms with van der Waals surface area (Å²) in [6.07, 6.45) is 0. The molecular weight excluding hydrogens is 682 g/mol. The van der Waals surface area contributed by atoms with Crippen LogP contribution in [0.2, 0.25) is 0 Å². The Kier molecular flexibility index (Phi) is 6.94. The van der Waals surface area contributed by atoms with Gasteiger partial charge in [0.15, 0.2) is 0 Å². The monoisotopic (exact) mass is 713 g/mol. The molecule has 0 saturated heterocycles. The van der Waals surface area contributed by atoms with E-state index in [2.05, 4.69) is 215 Å². The van der Waals surface area contributed by atoms with E-state index in [1.807, 2.05) is 0 Å². The first-order valence-corrected chi connectivity index (χ1v) is 18.3. The lowest BCUT2D eigenvalue weighted by Crippen LogP contribution is -2.28. The van der Waals surface area contributed by atoms with Crippen molar-refractivity contribution in [2.45, 2.75) is 5.41 Å². The molecule has 8 aromatic carbocycles. The third-order valence-electron chi connectivity index (χ3n) is 10.8. The van der Waals surface area contributed by atoms with E-state index < -0.39 is 5.41 Å². The van der Waals surface area contributed by atoms with Crippen molar-refractivity contribution in [3.8, 4) is 39.1 Å². The molecule has 0 radical (unpaired) electrons. The Labute approximate surface area is 306 Å². The van der Waals surface area contributed by atoms with Crippen molar-refractivity contribution in [3.63, 3.8) is 0 Å². The van der Waals surface area contributed by atoms with Crippen LogP contribution in [0.3, 0.4) is 0 Å². The predicted molar refractivity (Wildman–Crippen MR) is 217 cm³/mol. The fraction of sp³-hybridized carbons (Fsp3) is 0.0204. The molecule has 0 amide bonds. The molecule has 0 spiro atoms. The first kappa shape index (κ1) is 29.9. The van der Waals surface area contributed by atoms with Gasteiger partial charge in [-0.2, -0.15) is 0 Å². The van der Waals surface area contributed by atoms with Gasteiger partial charge in [-0.15, -0.1) is 0 Å². The van der Waals surface area contributed by atoms with Gasteiger partial charge >= 0.3 is 0 Å². The molecule has 0 N–H and O–H groups in total. The van der Waals surface area contributed by atoms with Gasteiger partial charge < -0.3 is 4.57 Å². The van der Waals surface area contributed by atoms with Crippen LogP contribution in [-0.2, 0) is 5.41 Å². The Bertz CT molecular complexity index is 2700. The number of para-hydroxylation sites is 1. The molecule has 0 fully saturated rings. The van der Waals surface area contributed by atoms with Crippen LogP contribution in [0.15, 0.2) is 199 Å². The van der Waals surface area contributed by atoms with E-state index in [9.17, 15) is 0 Å². The van der Waals surface area contributed by atoms with E-state index in [1.54, 1.807) is 0 Å². The zero-order chi connectivity index (χ0) is 33.9. The van der Waals surface area contributed by atoms with Crippen LogP contribution < -0.4 is 0 Å². The Hall–Kier alpha value is -5.96. The number of aromatic nitrogens is 1. The Morgan fingerprint density at radius 1 is 0.373 bits per heavy atom. The fourth-order valence-corrected chi connectivity index (χ4v) is 8.87. The quantitative estimate of drug-likeness (QED) is 0.167. The van der Waals surface area contributed by atoms with Crippen LogP contribution in [0.1, 0.15) is 22.3 Å². The lowest BCUT2D eigenvalue weighted by Gasteiger charge is -2.34. The number of rotatable bonds is 5. The second kappa shape index (κ2) is 11.8. The van der Waals surface area contributed by atoms with Crippen molar-refractivity contribution < 1.29 is 0 Å². The van der Waals surface area contributed by atoms with Gasteiger partial charge in [0.05, 0.1) is 16.4 Å². The van der Waals surface area contributed by atoms with E-state index in [-0.39, 0.29) is 0 Å². The van der Waals surface area contributed by atoms with E-state index in [4.69, 9.17) is 0 Å². The van der Waals surface area contributed by atoms with Gasteiger partial charge in [-0.1, -0.05) is 174 Å². The maximum atomic E-state index is 3.61. The number of hydrogen-bond donors (Lipinski definition) is 0. The molecule has 9 aromatic rings. The van der Waals surface area contributed by atoms with Gasteiger partial charge in [0, 0.05) is 20.9 Å². The lowest BCUT2D eigenvalue weighted by atomic mass is 9.67. The summed E-state index contributed by atoms with van der Waals surface area (Å²) in [5.41, 5.74) is 15.7. The molecule has 2 heteroatoms. The largest absolute Gasteiger partial charge is 0.309 e. The highest BCUT2D eigenvalue weighted by molar-refractivity contribution is 9.10. The maximum absolute atomic E-state index is 3.61. The number of halogens is 1. The second-order valence-corrected chi connectivity index (χ2v) is 14.3. The fourth-order valence-electron chi connectivity index (χ4n) is 8.60. The third-order valence-corrected chi connectivity index (χ3v) is 11.3. The summed E-state index contributed by atoms with van der Waals surface area (Å²) in [5, 5.41) is 2.50. The molecule has 0 bridgehead atoms. The zero-order valence-corrected chi connectivity index (χ0v) is 29.4. The second-order valence-electron chi connectivity index (χ2n) is 13.4. The van der Waals surface area contributed by atoms with Crippen molar-refractivity contribution >= 4 is 37.7 Å². The molecule has 51 heavy (non-hydrogen) atoms. The summed E-state index contributed by atoms with van der Waals surface area (Å²) in [6, 6.07) is 71.3. The average Bonchev–Trinajstić information content (AvgIpc) is 3.69. The van der Waals surface area contributed by atoms with Crippen LogP contribution in [0.5, 0.6) is 0 Å². The van der Waals surface area contributed by atoms with Gasteiger partial charge in [-0.3, -0.25) is 0 Å². The first-order valence-electron chi connectivity index (χ1n) is 17.5. The van der Waals surface area contributed by atoms with Gasteiger partial charge in [0.25, 0.3) is 0 Å². The van der Waals surface area contributed by atoms with Crippen LogP contribution in [-0.4, -0.2) is 4.57 Å². The van der Waals surface area contributed by atoms with Crippen molar-refractivity contribution in [1.29, 1.82) is 0 Å². The normalized spacial score (nSPS) is 13.0. The summed E-state index contributed by atoms with van der Waals surface area (Å²) in [5.74, 6) is 0. The third kappa shape index (κ3) is 4.53. The predicted octanol–water partition coefficient (Wildman–Crippen LogP) is 13.2.